The standard InChI is InChI=1S/C26H37N3O4S/c1-6-18-13-15-19(16-14-18)22(23(30)27-20-11-9-8-10-12-20)29(7-2)24(31)21(17-34)28-25(32)33-26(3,4)5/h2,13-16,20-22,34H,6,8-12,17H2,1,3-5H3,(H,27,30)(H,28,32). The minimum Gasteiger partial charge on any atom is -0.444 e. The molecule has 1 saturated carbocycles. The predicted octanol–water partition coefficient (Wildman–Crippen LogP) is 3.98. The first kappa shape index (κ1) is 27.6. The van der Waals surface area contributed by atoms with E-state index in [1.54, 1.807) is 20.8 Å². The number of rotatable bonds is 8. The average Bonchev–Trinajstić information content (AvgIpc) is 2.80. The fourth-order valence-corrected chi connectivity index (χ4v) is 4.20. The molecule has 186 valence electrons. The summed E-state index contributed by atoms with van der Waals surface area (Å²) in [7, 11) is 0. The third-order valence-corrected chi connectivity index (χ3v) is 6.08. The van der Waals surface area contributed by atoms with Gasteiger partial charge in [0.15, 0.2) is 0 Å². The van der Waals surface area contributed by atoms with Crippen LogP contribution in [0.1, 0.15) is 77.0 Å². The zero-order valence-electron chi connectivity index (χ0n) is 20.6. The Balaban J connectivity index is 2.32. The Kier molecular flexibility index (Phi) is 10.3. The molecule has 7 nitrogen and oxygen atoms in total. The molecule has 2 atom stereocenters. The number of carbonyl (C=O) groups is 3. The van der Waals surface area contributed by atoms with Crippen molar-refractivity contribution in [3.8, 4) is 12.5 Å². The predicted molar refractivity (Wildman–Crippen MR) is 136 cm³/mol. The lowest BCUT2D eigenvalue weighted by Gasteiger charge is -2.32. The van der Waals surface area contributed by atoms with E-state index >= 15 is 0 Å². The number of ether oxygens (including phenoxy) is 1. The quantitative estimate of drug-likeness (QED) is 0.294. The van der Waals surface area contributed by atoms with Gasteiger partial charge in [0.2, 0.25) is 5.91 Å². The van der Waals surface area contributed by atoms with Crippen LogP contribution in [0, 0.1) is 12.5 Å². The molecule has 2 unspecified atom stereocenters. The first-order valence-electron chi connectivity index (χ1n) is 11.9. The molecule has 3 amide bonds. The average molecular weight is 488 g/mol. The van der Waals surface area contributed by atoms with Crippen LogP contribution in [0.25, 0.3) is 0 Å². The van der Waals surface area contributed by atoms with Crippen LogP contribution in [0.4, 0.5) is 4.79 Å². The van der Waals surface area contributed by atoms with Crippen LogP contribution in [-0.4, -0.2) is 46.2 Å². The highest BCUT2D eigenvalue weighted by molar-refractivity contribution is 7.80. The summed E-state index contributed by atoms with van der Waals surface area (Å²) in [4.78, 5) is 40.2. The zero-order valence-corrected chi connectivity index (χ0v) is 21.5. The molecule has 0 aliphatic heterocycles. The maximum atomic E-state index is 13.5. The van der Waals surface area contributed by atoms with Crippen LogP contribution >= 0.6 is 12.6 Å². The van der Waals surface area contributed by atoms with Crippen molar-refractivity contribution in [1.82, 2.24) is 15.5 Å². The molecule has 0 bridgehead atoms. The Labute approximate surface area is 208 Å². The number of nitrogens with zero attached hydrogens (tertiary/aromatic N) is 1. The minimum atomic E-state index is -1.06. The van der Waals surface area contributed by atoms with Crippen LogP contribution in [-0.2, 0) is 20.7 Å². The van der Waals surface area contributed by atoms with Gasteiger partial charge in [0.05, 0.1) is 0 Å². The van der Waals surface area contributed by atoms with Gasteiger partial charge < -0.3 is 15.4 Å². The van der Waals surface area contributed by atoms with Gasteiger partial charge >= 0.3 is 6.09 Å². The van der Waals surface area contributed by atoms with Crippen molar-refractivity contribution in [2.24, 2.45) is 0 Å². The van der Waals surface area contributed by atoms with Crippen LogP contribution < -0.4 is 10.6 Å². The van der Waals surface area contributed by atoms with Gasteiger partial charge in [-0.25, -0.2) is 4.79 Å². The van der Waals surface area contributed by atoms with Gasteiger partial charge in [-0.05, 0) is 51.2 Å². The Morgan fingerprint density at radius 3 is 2.29 bits per heavy atom. The summed E-state index contributed by atoms with van der Waals surface area (Å²) in [5.74, 6) is -0.952. The summed E-state index contributed by atoms with van der Waals surface area (Å²) < 4.78 is 5.27. The van der Waals surface area contributed by atoms with Crippen LogP contribution in [0.15, 0.2) is 24.3 Å². The fraction of sp³-hybridized carbons (Fsp3) is 0.577. The number of carbonyl (C=O) groups excluding carboxylic acids is 3. The second-order valence-electron chi connectivity index (χ2n) is 9.56. The van der Waals surface area contributed by atoms with E-state index < -0.39 is 29.7 Å². The van der Waals surface area contributed by atoms with E-state index in [-0.39, 0.29) is 17.7 Å². The van der Waals surface area contributed by atoms with Crippen molar-refractivity contribution in [3.63, 3.8) is 0 Å². The zero-order chi connectivity index (χ0) is 25.3. The van der Waals surface area contributed by atoms with Gasteiger partial charge in [0, 0.05) is 17.8 Å². The third kappa shape index (κ3) is 7.98. The molecule has 1 aromatic rings. The van der Waals surface area contributed by atoms with Crippen molar-refractivity contribution < 1.29 is 19.1 Å². The number of terminal acetylenes is 1. The highest BCUT2D eigenvalue weighted by Crippen LogP contribution is 2.25. The Morgan fingerprint density at radius 1 is 1.18 bits per heavy atom. The van der Waals surface area contributed by atoms with E-state index in [2.05, 4.69) is 29.3 Å². The molecule has 1 aliphatic carbocycles. The summed E-state index contributed by atoms with van der Waals surface area (Å²) in [6, 6.07) is 7.81. The minimum absolute atomic E-state index is 0.0119. The highest BCUT2D eigenvalue weighted by atomic mass is 32.1. The summed E-state index contributed by atoms with van der Waals surface area (Å²) in [6.07, 6.45) is 10.9. The van der Waals surface area contributed by atoms with Crippen molar-refractivity contribution in [1.29, 1.82) is 0 Å². The number of aryl methyl sites for hydroxylation is 1. The lowest BCUT2D eigenvalue weighted by atomic mass is 9.94. The van der Waals surface area contributed by atoms with Crippen molar-refractivity contribution in [3.05, 3.63) is 35.4 Å². The van der Waals surface area contributed by atoms with Gasteiger partial charge in [-0.15, -0.1) is 0 Å². The summed E-state index contributed by atoms with van der Waals surface area (Å²) >= 11 is 4.23. The van der Waals surface area contributed by atoms with Gasteiger partial charge in [0.25, 0.3) is 5.91 Å². The maximum absolute atomic E-state index is 13.5. The number of alkyl carbamates (subject to hydrolysis) is 1. The van der Waals surface area contributed by atoms with E-state index in [4.69, 9.17) is 11.2 Å². The molecule has 0 aromatic heterocycles. The number of thiol groups is 1. The summed E-state index contributed by atoms with van der Waals surface area (Å²) in [6.45, 7) is 7.22. The lowest BCUT2D eigenvalue weighted by Crippen LogP contribution is -2.53. The molecule has 34 heavy (non-hydrogen) atoms. The molecule has 1 aliphatic rings. The highest BCUT2D eigenvalue weighted by Gasteiger charge is 2.36. The van der Waals surface area contributed by atoms with Crippen LogP contribution in [0.3, 0.4) is 0 Å². The molecule has 8 heteroatoms. The normalized spacial score (nSPS) is 16.0. The molecule has 0 saturated heterocycles. The molecule has 0 radical (unpaired) electrons. The molecule has 1 aromatic carbocycles. The molecule has 2 N–H and O–H groups in total. The number of nitrogens with one attached hydrogen (secondary N) is 2. The topological polar surface area (TPSA) is 87.7 Å². The van der Waals surface area contributed by atoms with Gasteiger partial charge in [-0.1, -0.05) is 56.9 Å². The van der Waals surface area contributed by atoms with Gasteiger partial charge in [0.1, 0.15) is 17.7 Å². The van der Waals surface area contributed by atoms with Crippen LogP contribution in [0.2, 0.25) is 0 Å². The SMILES string of the molecule is C#CN(C(=O)C(CS)NC(=O)OC(C)(C)C)C(C(=O)NC1CCCCC1)c1ccc(CC)cc1. The molecular weight excluding hydrogens is 450 g/mol. The molecule has 2 rings (SSSR count). The second kappa shape index (κ2) is 12.7. The van der Waals surface area contributed by atoms with Gasteiger partial charge in [-0.2, -0.15) is 12.6 Å². The molecule has 0 spiro atoms. The maximum Gasteiger partial charge on any atom is 0.408 e. The van der Waals surface area contributed by atoms with Crippen molar-refractivity contribution in [2.45, 2.75) is 89.9 Å². The molecular formula is C26H37N3O4S. The Morgan fingerprint density at radius 2 is 1.79 bits per heavy atom. The first-order chi connectivity index (χ1) is 16.1. The number of hydrogen-bond donors (Lipinski definition) is 3. The van der Waals surface area contributed by atoms with Crippen molar-refractivity contribution >= 4 is 30.5 Å². The summed E-state index contributed by atoms with van der Waals surface area (Å²) in [5, 5.41) is 5.61. The van der Waals surface area contributed by atoms with Crippen LogP contribution in [0.5, 0.6) is 0 Å². The third-order valence-electron chi connectivity index (χ3n) is 5.71. The Hall–Kier alpha value is -2.66. The van der Waals surface area contributed by atoms with Crippen molar-refractivity contribution in [2.75, 3.05) is 5.75 Å². The fourth-order valence-electron chi connectivity index (χ4n) is 3.95. The first-order valence-corrected chi connectivity index (χ1v) is 12.5. The van der Waals surface area contributed by atoms with E-state index in [0.29, 0.717) is 5.56 Å². The van der Waals surface area contributed by atoms with E-state index in [0.717, 1.165) is 49.0 Å². The Bertz CT molecular complexity index is 883. The number of hydrogen-bond acceptors (Lipinski definition) is 5. The van der Waals surface area contributed by atoms with E-state index in [9.17, 15) is 14.4 Å². The summed E-state index contributed by atoms with van der Waals surface area (Å²) in [5.41, 5.74) is 0.976. The second-order valence-corrected chi connectivity index (χ2v) is 9.93. The number of benzene rings is 1. The number of amides is 3. The van der Waals surface area contributed by atoms with E-state index in [1.807, 2.05) is 31.2 Å². The monoisotopic (exact) mass is 487 g/mol. The van der Waals surface area contributed by atoms with Gasteiger partial charge in [-0.3, -0.25) is 14.5 Å². The molecule has 1 fully saturated rings. The largest absolute Gasteiger partial charge is 0.444 e. The smallest absolute Gasteiger partial charge is 0.408 e. The molecule has 0 heterocycles. The lowest BCUT2D eigenvalue weighted by molar-refractivity contribution is -0.138. The van der Waals surface area contributed by atoms with E-state index in [1.165, 1.54) is 0 Å².